The SMILES string of the molecule is CC(C)C1CNCCN1c1cnn(C)c1. The molecule has 0 spiro atoms. The van der Waals surface area contributed by atoms with Gasteiger partial charge in [0.15, 0.2) is 0 Å². The average Bonchev–Trinajstić information content (AvgIpc) is 2.65. The lowest BCUT2D eigenvalue weighted by atomic mass is 10.0. The highest BCUT2D eigenvalue weighted by Gasteiger charge is 2.25. The molecule has 4 heteroatoms. The molecule has 1 atom stereocenters. The molecule has 2 heterocycles. The van der Waals surface area contributed by atoms with E-state index in [0.717, 1.165) is 19.6 Å². The van der Waals surface area contributed by atoms with Crippen molar-refractivity contribution in [1.29, 1.82) is 0 Å². The predicted molar refractivity (Wildman–Crippen MR) is 62.0 cm³/mol. The highest BCUT2D eigenvalue weighted by molar-refractivity contribution is 5.44. The molecule has 1 N–H and O–H groups in total. The van der Waals surface area contributed by atoms with Gasteiger partial charge >= 0.3 is 0 Å². The summed E-state index contributed by atoms with van der Waals surface area (Å²) in [6, 6.07) is 0.586. The van der Waals surface area contributed by atoms with E-state index in [2.05, 4.69) is 35.4 Å². The normalized spacial score (nSPS) is 22.4. The summed E-state index contributed by atoms with van der Waals surface area (Å²) in [4.78, 5) is 2.47. The fourth-order valence-corrected chi connectivity index (χ4v) is 2.20. The van der Waals surface area contributed by atoms with E-state index in [1.807, 2.05) is 17.9 Å². The summed E-state index contributed by atoms with van der Waals surface area (Å²) < 4.78 is 1.87. The second-order valence-electron chi connectivity index (χ2n) is 4.58. The molecule has 1 aromatic heterocycles. The molecular formula is C11H20N4. The number of piperazine rings is 1. The minimum absolute atomic E-state index is 0.586. The van der Waals surface area contributed by atoms with E-state index in [-0.39, 0.29) is 0 Å². The number of nitrogens with zero attached hydrogens (tertiary/aromatic N) is 3. The maximum atomic E-state index is 4.24. The van der Waals surface area contributed by atoms with Crippen LogP contribution in [0.1, 0.15) is 13.8 Å². The zero-order chi connectivity index (χ0) is 10.8. The molecule has 1 saturated heterocycles. The summed E-state index contributed by atoms with van der Waals surface area (Å²) in [5.74, 6) is 0.665. The Kier molecular flexibility index (Phi) is 2.95. The third kappa shape index (κ3) is 2.15. The first kappa shape index (κ1) is 10.5. The molecule has 0 aliphatic carbocycles. The summed E-state index contributed by atoms with van der Waals surface area (Å²) in [5.41, 5.74) is 1.25. The lowest BCUT2D eigenvalue weighted by Crippen LogP contribution is -2.53. The van der Waals surface area contributed by atoms with E-state index >= 15 is 0 Å². The van der Waals surface area contributed by atoms with Crippen molar-refractivity contribution in [1.82, 2.24) is 15.1 Å². The first-order chi connectivity index (χ1) is 7.18. The summed E-state index contributed by atoms with van der Waals surface area (Å²) in [5, 5.41) is 7.69. The van der Waals surface area contributed by atoms with Crippen molar-refractivity contribution >= 4 is 5.69 Å². The molecule has 1 aliphatic heterocycles. The topological polar surface area (TPSA) is 33.1 Å². The lowest BCUT2D eigenvalue weighted by Gasteiger charge is -2.39. The van der Waals surface area contributed by atoms with Gasteiger partial charge < -0.3 is 10.2 Å². The van der Waals surface area contributed by atoms with Crippen LogP contribution in [0.25, 0.3) is 0 Å². The molecule has 0 saturated carbocycles. The molecule has 1 aliphatic rings. The van der Waals surface area contributed by atoms with Crippen LogP contribution in [0.2, 0.25) is 0 Å². The van der Waals surface area contributed by atoms with E-state index < -0.39 is 0 Å². The number of nitrogens with one attached hydrogen (secondary N) is 1. The average molecular weight is 208 g/mol. The van der Waals surface area contributed by atoms with Gasteiger partial charge in [0.25, 0.3) is 0 Å². The van der Waals surface area contributed by atoms with Gasteiger partial charge in [0.2, 0.25) is 0 Å². The van der Waals surface area contributed by atoms with Gasteiger partial charge in [-0.1, -0.05) is 13.8 Å². The molecule has 84 valence electrons. The van der Waals surface area contributed by atoms with Gasteiger partial charge in [-0.3, -0.25) is 4.68 Å². The Morgan fingerprint density at radius 1 is 1.53 bits per heavy atom. The lowest BCUT2D eigenvalue weighted by molar-refractivity contribution is 0.390. The van der Waals surface area contributed by atoms with Gasteiger partial charge in [0.05, 0.1) is 11.9 Å². The zero-order valence-electron chi connectivity index (χ0n) is 9.77. The third-order valence-electron chi connectivity index (χ3n) is 3.08. The Morgan fingerprint density at radius 2 is 2.33 bits per heavy atom. The number of anilines is 1. The van der Waals surface area contributed by atoms with Crippen LogP contribution in [0.5, 0.6) is 0 Å². The Bertz CT molecular complexity index is 318. The third-order valence-corrected chi connectivity index (χ3v) is 3.08. The number of aromatic nitrogens is 2. The largest absolute Gasteiger partial charge is 0.363 e. The first-order valence-electron chi connectivity index (χ1n) is 5.64. The monoisotopic (exact) mass is 208 g/mol. The standard InChI is InChI=1S/C11H20N4/c1-9(2)11-7-12-4-5-15(11)10-6-13-14(3)8-10/h6,8-9,11-12H,4-5,7H2,1-3H3. The van der Waals surface area contributed by atoms with Gasteiger partial charge in [-0.25, -0.2) is 0 Å². The molecule has 15 heavy (non-hydrogen) atoms. The first-order valence-corrected chi connectivity index (χ1v) is 5.64. The Balaban J connectivity index is 2.17. The van der Waals surface area contributed by atoms with Crippen molar-refractivity contribution < 1.29 is 0 Å². The number of hydrogen-bond donors (Lipinski definition) is 1. The maximum absolute atomic E-state index is 4.24. The van der Waals surface area contributed by atoms with Crippen LogP contribution in [0, 0.1) is 5.92 Å². The highest BCUT2D eigenvalue weighted by Crippen LogP contribution is 2.21. The van der Waals surface area contributed by atoms with Crippen molar-refractivity contribution in [3.8, 4) is 0 Å². The number of rotatable bonds is 2. The van der Waals surface area contributed by atoms with Crippen LogP contribution in [0.3, 0.4) is 0 Å². The molecule has 1 aromatic rings. The van der Waals surface area contributed by atoms with E-state index in [9.17, 15) is 0 Å². The summed E-state index contributed by atoms with van der Waals surface area (Å²) in [7, 11) is 1.97. The van der Waals surface area contributed by atoms with Crippen molar-refractivity contribution in [2.24, 2.45) is 13.0 Å². The minimum Gasteiger partial charge on any atom is -0.363 e. The van der Waals surface area contributed by atoms with Crippen LogP contribution in [-0.4, -0.2) is 35.5 Å². The molecule has 1 unspecified atom stereocenters. The smallest absolute Gasteiger partial charge is 0.0755 e. The quantitative estimate of drug-likeness (QED) is 0.782. The summed E-state index contributed by atoms with van der Waals surface area (Å²) in [6.45, 7) is 7.78. The Labute approximate surface area is 91.3 Å². The molecule has 1 fully saturated rings. The van der Waals surface area contributed by atoms with Gasteiger partial charge in [-0.2, -0.15) is 5.10 Å². The fraction of sp³-hybridized carbons (Fsp3) is 0.727. The van der Waals surface area contributed by atoms with Crippen molar-refractivity contribution in [3.05, 3.63) is 12.4 Å². The van der Waals surface area contributed by atoms with Crippen molar-refractivity contribution in [2.75, 3.05) is 24.5 Å². The van der Waals surface area contributed by atoms with Crippen LogP contribution in [-0.2, 0) is 7.05 Å². The number of aryl methyl sites for hydroxylation is 1. The van der Waals surface area contributed by atoms with Crippen LogP contribution in [0.4, 0.5) is 5.69 Å². The summed E-state index contributed by atoms with van der Waals surface area (Å²) >= 11 is 0. The van der Waals surface area contributed by atoms with Gasteiger partial charge in [-0.05, 0) is 5.92 Å². The van der Waals surface area contributed by atoms with Crippen molar-refractivity contribution in [2.45, 2.75) is 19.9 Å². The zero-order valence-corrected chi connectivity index (χ0v) is 9.77. The molecular weight excluding hydrogens is 188 g/mol. The van der Waals surface area contributed by atoms with E-state index in [1.54, 1.807) is 0 Å². The summed E-state index contributed by atoms with van der Waals surface area (Å²) in [6.07, 6.45) is 4.06. The maximum Gasteiger partial charge on any atom is 0.0755 e. The van der Waals surface area contributed by atoms with Crippen LogP contribution in [0.15, 0.2) is 12.4 Å². The van der Waals surface area contributed by atoms with Crippen LogP contribution >= 0.6 is 0 Å². The Hall–Kier alpha value is -1.03. The second-order valence-corrected chi connectivity index (χ2v) is 4.58. The molecule has 0 amide bonds. The molecule has 0 aromatic carbocycles. The highest BCUT2D eigenvalue weighted by atomic mass is 15.3. The van der Waals surface area contributed by atoms with Crippen molar-refractivity contribution in [3.63, 3.8) is 0 Å². The van der Waals surface area contributed by atoms with Gasteiger partial charge in [0.1, 0.15) is 0 Å². The Morgan fingerprint density at radius 3 is 2.93 bits per heavy atom. The van der Waals surface area contributed by atoms with Gasteiger partial charge in [0, 0.05) is 38.9 Å². The molecule has 0 bridgehead atoms. The minimum atomic E-state index is 0.586. The fourth-order valence-electron chi connectivity index (χ4n) is 2.20. The molecule has 0 radical (unpaired) electrons. The second kappa shape index (κ2) is 4.23. The van der Waals surface area contributed by atoms with Gasteiger partial charge in [-0.15, -0.1) is 0 Å². The van der Waals surface area contributed by atoms with Crippen LogP contribution < -0.4 is 10.2 Å². The van der Waals surface area contributed by atoms with E-state index in [4.69, 9.17) is 0 Å². The molecule has 4 nitrogen and oxygen atoms in total. The predicted octanol–water partition coefficient (Wildman–Crippen LogP) is 0.854. The van der Waals surface area contributed by atoms with E-state index in [0.29, 0.717) is 12.0 Å². The van der Waals surface area contributed by atoms with E-state index in [1.165, 1.54) is 5.69 Å². The number of hydrogen-bond acceptors (Lipinski definition) is 3. The molecule has 2 rings (SSSR count).